The number of rotatable bonds is 6. The van der Waals surface area contributed by atoms with Crippen LogP contribution < -0.4 is 10.1 Å². The molecule has 1 N–H and O–H groups in total. The molecule has 1 aliphatic heterocycles. The normalized spacial score (nSPS) is 25.4. The minimum atomic E-state index is -1.30. The number of carbonyl (C=O) groups is 3. The highest BCUT2D eigenvalue weighted by Gasteiger charge is 2.73. The van der Waals surface area contributed by atoms with Gasteiger partial charge >= 0.3 is 0 Å². The molecule has 44 heavy (non-hydrogen) atoms. The summed E-state index contributed by atoms with van der Waals surface area (Å²) in [6.07, 6.45) is 0. The summed E-state index contributed by atoms with van der Waals surface area (Å²) in [5.74, 6) is -2.45. The van der Waals surface area contributed by atoms with Crippen LogP contribution in [0.3, 0.4) is 0 Å². The van der Waals surface area contributed by atoms with Crippen LogP contribution in [0.4, 0.5) is 5.69 Å². The Morgan fingerprint density at radius 3 is 1.55 bits per heavy atom. The largest absolute Gasteiger partial charge is 0.457 e. The molecule has 2 bridgehead atoms. The first kappa shape index (κ1) is 28.6. The highest BCUT2D eigenvalue weighted by molar-refractivity contribution is 6.36. The van der Waals surface area contributed by atoms with E-state index in [4.69, 9.17) is 27.9 Å². The molecule has 0 spiro atoms. The smallest absolute Gasteiger partial charge is 0.247 e. The monoisotopic (exact) mass is 624 g/mol. The Labute approximate surface area is 265 Å². The molecule has 8 heteroatoms. The molecule has 3 amide bonds. The van der Waals surface area contributed by atoms with E-state index >= 15 is 0 Å². The van der Waals surface area contributed by atoms with Crippen LogP contribution >= 0.6 is 23.2 Å². The van der Waals surface area contributed by atoms with Crippen molar-refractivity contribution in [3.63, 3.8) is 0 Å². The van der Waals surface area contributed by atoms with Crippen molar-refractivity contribution in [2.75, 3.05) is 5.32 Å². The number of benzene rings is 4. The number of likely N-dealkylation sites (tertiary alicyclic amines) is 1. The molecule has 8 rings (SSSR count). The van der Waals surface area contributed by atoms with E-state index in [1.807, 2.05) is 93.6 Å². The van der Waals surface area contributed by atoms with Gasteiger partial charge in [0.2, 0.25) is 17.7 Å². The summed E-state index contributed by atoms with van der Waals surface area (Å²) in [5.41, 5.74) is 4.52. The van der Waals surface area contributed by atoms with E-state index in [1.54, 1.807) is 24.3 Å². The molecule has 0 unspecified atom stereocenters. The van der Waals surface area contributed by atoms with Crippen molar-refractivity contribution in [1.82, 2.24) is 4.90 Å². The number of nitrogens with zero attached hydrogens (tertiary/aromatic N) is 1. The molecule has 0 aromatic heterocycles. The minimum absolute atomic E-state index is 0.382. The Bertz CT molecular complexity index is 1700. The molecule has 4 aliphatic rings. The Balaban J connectivity index is 1.20. The van der Waals surface area contributed by atoms with E-state index in [2.05, 4.69) is 5.32 Å². The number of alkyl halides is 2. The number of imide groups is 1. The molecule has 1 saturated heterocycles. The lowest BCUT2D eigenvalue weighted by molar-refractivity contribution is -0.148. The number of hydrogen-bond donors (Lipinski definition) is 1. The fraction of sp³-hybridized carbons (Fsp3) is 0.250. The number of halogens is 2. The van der Waals surface area contributed by atoms with Crippen molar-refractivity contribution < 1.29 is 19.1 Å². The summed E-state index contributed by atoms with van der Waals surface area (Å²) in [6.45, 7) is 5.64. The molecular formula is C36H30Cl2N2O4. The predicted molar refractivity (Wildman–Crippen MR) is 170 cm³/mol. The lowest BCUT2D eigenvalue weighted by Gasteiger charge is -2.54. The zero-order chi connectivity index (χ0) is 31.0. The molecule has 6 nitrogen and oxygen atoms in total. The molecule has 1 heterocycles. The molecule has 4 aromatic carbocycles. The highest BCUT2D eigenvalue weighted by Crippen LogP contribution is 2.69. The van der Waals surface area contributed by atoms with Crippen LogP contribution in [-0.2, 0) is 24.1 Å². The number of amides is 3. The van der Waals surface area contributed by atoms with Crippen molar-refractivity contribution >= 4 is 46.6 Å². The second kappa shape index (κ2) is 10.2. The van der Waals surface area contributed by atoms with Gasteiger partial charge in [-0.3, -0.25) is 19.3 Å². The predicted octanol–water partition coefficient (Wildman–Crippen LogP) is 7.34. The van der Waals surface area contributed by atoms with E-state index in [0.717, 1.165) is 32.7 Å². The molecule has 0 saturated carbocycles. The number of carbonyl (C=O) groups excluding carboxylic acids is 3. The summed E-state index contributed by atoms with van der Waals surface area (Å²) in [6, 6.07) is 28.6. The highest BCUT2D eigenvalue weighted by atomic mass is 35.5. The van der Waals surface area contributed by atoms with Gasteiger partial charge in [0.1, 0.15) is 27.3 Å². The van der Waals surface area contributed by atoms with E-state index in [1.165, 1.54) is 0 Å². The number of ether oxygens (including phenoxy) is 1. The topological polar surface area (TPSA) is 75.7 Å². The minimum Gasteiger partial charge on any atom is -0.457 e. The Morgan fingerprint density at radius 2 is 1.14 bits per heavy atom. The van der Waals surface area contributed by atoms with Gasteiger partial charge in [0.25, 0.3) is 0 Å². The quantitative estimate of drug-likeness (QED) is 0.180. The maximum atomic E-state index is 14.4. The van der Waals surface area contributed by atoms with Gasteiger partial charge in [-0.1, -0.05) is 80.1 Å². The van der Waals surface area contributed by atoms with Crippen molar-refractivity contribution in [3.05, 3.63) is 125 Å². The Morgan fingerprint density at radius 1 is 0.727 bits per heavy atom. The second-order valence-corrected chi connectivity index (χ2v) is 13.3. The van der Waals surface area contributed by atoms with Crippen molar-refractivity contribution in [2.45, 2.75) is 36.6 Å². The van der Waals surface area contributed by atoms with E-state index in [9.17, 15) is 14.4 Å². The van der Waals surface area contributed by atoms with Crippen LogP contribution in [0.5, 0.6) is 11.5 Å². The lowest BCUT2D eigenvalue weighted by Crippen LogP contribution is -2.57. The number of nitrogens with one attached hydrogen (secondary N) is 1. The van der Waals surface area contributed by atoms with Gasteiger partial charge < -0.3 is 10.1 Å². The third-order valence-corrected chi connectivity index (χ3v) is 10.5. The number of hydrogen-bond acceptors (Lipinski definition) is 4. The van der Waals surface area contributed by atoms with Gasteiger partial charge in [0, 0.05) is 5.69 Å². The molecule has 4 aromatic rings. The SMILES string of the molecule is Cc1ccc(Oc2ccc(NC(=O)[C@H](C(C)C)N3C(=O)[C@@H]4[C@@H](C3=O)C3(Cl)c5ccccc5C4(Cl)c4ccccc43)cc2)cc1. The summed E-state index contributed by atoms with van der Waals surface area (Å²) in [7, 11) is 0. The molecular weight excluding hydrogens is 595 g/mol. The third-order valence-electron chi connectivity index (χ3n) is 9.18. The average Bonchev–Trinajstić information content (AvgIpc) is 3.28. The maximum Gasteiger partial charge on any atom is 0.247 e. The third kappa shape index (κ3) is 3.97. The van der Waals surface area contributed by atoms with E-state index in [0.29, 0.717) is 17.2 Å². The van der Waals surface area contributed by atoms with Gasteiger partial charge in [-0.25, -0.2) is 0 Å². The van der Waals surface area contributed by atoms with E-state index < -0.39 is 45.3 Å². The van der Waals surface area contributed by atoms with Crippen molar-refractivity contribution in [2.24, 2.45) is 17.8 Å². The molecule has 222 valence electrons. The summed E-state index contributed by atoms with van der Waals surface area (Å²) >= 11 is 15.1. The molecule has 3 atom stereocenters. The fourth-order valence-corrected chi connectivity index (χ4v) is 8.34. The standard InChI is InChI=1S/C36H30Cl2N2O4/c1-20(2)31(32(41)39-22-14-18-24(19-15-22)44-23-16-12-21(3)13-17-23)40-33(42)29-30(34(40)43)36(38)26-9-5-4-8-25(26)35(29,37)27-10-6-7-11-28(27)36/h4-20,29-31H,1-3H3,(H,39,41)/t29-,30-,31-,35?,36?/m0/s1. The zero-order valence-corrected chi connectivity index (χ0v) is 25.9. The summed E-state index contributed by atoms with van der Waals surface area (Å²) in [5, 5.41) is 2.91. The first-order chi connectivity index (χ1) is 21.1. The molecule has 0 radical (unpaired) electrons. The second-order valence-electron chi connectivity index (χ2n) is 12.1. The van der Waals surface area contributed by atoms with Crippen LogP contribution in [0.15, 0.2) is 97.1 Å². The number of anilines is 1. The maximum absolute atomic E-state index is 14.4. The Hall–Kier alpha value is -4.13. The summed E-state index contributed by atoms with van der Waals surface area (Å²) < 4.78 is 5.91. The first-order valence-electron chi connectivity index (χ1n) is 14.7. The van der Waals surface area contributed by atoms with Gasteiger partial charge in [0.15, 0.2) is 0 Å². The van der Waals surface area contributed by atoms with Crippen LogP contribution in [-0.4, -0.2) is 28.7 Å². The Kier molecular flexibility index (Phi) is 6.65. The first-order valence-corrected chi connectivity index (χ1v) is 15.4. The lowest BCUT2D eigenvalue weighted by atomic mass is 9.54. The van der Waals surface area contributed by atoms with Crippen LogP contribution in [0.2, 0.25) is 0 Å². The van der Waals surface area contributed by atoms with E-state index in [-0.39, 0.29) is 5.92 Å². The molecule has 1 fully saturated rings. The number of aryl methyl sites for hydroxylation is 1. The molecule has 3 aliphatic carbocycles. The fourth-order valence-electron chi connectivity index (χ4n) is 7.25. The van der Waals surface area contributed by atoms with Gasteiger partial charge in [-0.2, -0.15) is 0 Å². The van der Waals surface area contributed by atoms with Gasteiger partial charge in [-0.15, -0.1) is 23.2 Å². The average molecular weight is 626 g/mol. The van der Waals surface area contributed by atoms with Crippen molar-refractivity contribution in [1.29, 1.82) is 0 Å². The van der Waals surface area contributed by atoms with Crippen molar-refractivity contribution in [3.8, 4) is 11.5 Å². The zero-order valence-electron chi connectivity index (χ0n) is 24.4. The van der Waals surface area contributed by atoms with Crippen LogP contribution in [0, 0.1) is 24.7 Å². The van der Waals surface area contributed by atoms with Crippen LogP contribution in [0.1, 0.15) is 41.7 Å². The van der Waals surface area contributed by atoms with Gasteiger partial charge in [-0.05, 0) is 71.5 Å². The summed E-state index contributed by atoms with van der Waals surface area (Å²) in [4.78, 5) is 41.2. The van der Waals surface area contributed by atoms with Crippen LogP contribution in [0.25, 0.3) is 0 Å². The van der Waals surface area contributed by atoms with Gasteiger partial charge in [0.05, 0.1) is 11.8 Å².